The summed E-state index contributed by atoms with van der Waals surface area (Å²) in [6.45, 7) is 2.01. The Bertz CT molecular complexity index is 1010. The van der Waals surface area contributed by atoms with Crippen LogP contribution in [0.4, 0.5) is 41.9 Å². The SMILES string of the molecule is CCc1ccc(Nc2ncnc(Nc3ccc(C(F)(F)F)cc3)c2[N+](=O)[O-])cc1. The van der Waals surface area contributed by atoms with Crippen LogP contribution in [-0.2, 0) is 12.6 Å². The second-order valence-corrected chi connectivity index (χ2v) is 6.05. The van der Waals surface area contributed by atoms with Crippen LogP contribution < -0.4 is 10.6 Å². The third-order valence-electron chi connectivity index (χ3n) is 4.10. The van der Waals surface area contributed by atoms with Crippen molar-refractivity contribution in [3.63, 3.8) is 0 Å². The number of alkyl halides is 3. The molecule has 2 aromatic carbocycles. The summed E-state index contributed by atoms with van der Waals surface area (Å²) in [6, 6.07) is 11.4. The second kappa shape index (κ2) is 8.13. The number of nitro groups is 1. The number of nitrogens with one attached hydrogen (secondary N) is 2. The zero-order valence-electron chi connectivity index (χ0n) is 15.2. The number of aryl methyl sites for hydroxylation is 1. The molecule has 1 heterocycles. The van der Waals surface area contributed by atoms with E-state index in [4.69, 9.17) is 0 Å². The molecule has 0 bridgehead atoms. The maximum absolute atomic E-state index is 12.7. The van der Waals surface area contributed by atoms with E-state index in [1.165, 1.54) is 12.1 Å². The van der Waals surface area contributed by atoms with Gasteiger partial charge in [-0.3, -0.25) is 10.1 Å². The van der Waals surface area contributed by atoms with Gasteiger partial charge < -0.3 is 10.6 Å². The summed E-state index contributed by atoms with van der Waals surface area (Å²) < 4.78 is 38.1. The molecular weight excluding hydrogens is 387 g/mol. The smallest absolute Gasteiger partial charge is 0.334 e. The molecule has 0 amide bonds. The standard InChI is InChI=1S/C19H16F3N5O2/c1-2-12-3-7-14(8-4-12)25-17-16(27(28)29)18(24-11-23-17)26-15-9-5-13(6-10-15)19(20,21)22/h3-11H,2H2,1H3,(H2,23,24,25,26). The molecule has 150 valence electrons. The average molecular weight is 403 g/mol. The Morgan fingerprint density at radius 1 is 0.931 bits per heavy atom. The van der Waals surface area contributed by atoms with Crippen LogP contribution in [0.5, 0.6) is 0 Å². The lowest BCUT2D eigenvalue weighted by Crippen LogP contribution is -2.06. The number of halogens is 3. The van der Waals surface area contributed by atoms with Gasteiger partial charge >= 0.3 is 11.9 Å². The number of aromatic nitrogens is 2. The molecular formula is C19H16F3N5O2. The third kappa shape index (κ3) is 4.78. The Labute approximate surface area is 163 Å². The number of nitrogens with zero attached hydrogens (tertiary/aromatic N) is 3. The topological polar surface area (TPSA) is 93.0 Å². The number of rotatable bonds is 6. The van der Waals surface area contributed by atoms with Crippen molar-refractivity contribution < 1.29 is 18.1 Å². The van der Waals surface area contributed by atoms with Crippen LogP contribution in [0.15, 0.2) is 54.9 Å². The molecule has 0 unspecified atom stereocenters. The van der Waals surface area contributed by atoms with Crippen molar-refractivity contribution in [3.05, 3.63) is 76.1 Å². The van der Waals surface area contributed by atoms with Crippen LogP contribution in [0.2, 0.25) is 0 Å². The van der Waals surface area contributed by atoms with Crippen molar-refractivity contribution in [2.75, 3.05) is 10.6 Å². The zero-order valence-corrected chi connectivity index (χ0v) is 15.2. The van der Waals surface area contributed by atoms with Gasteiger partial charge in [-0.05, 0) is 48.4 Å². The normalized spacial score (nSPS) is 11.2. The molecule has 0 spiro atoms. The lowest BCUT2D eigenvalue weighted by molar-refractivity contribution is -0.383. The van der Waals surface area contributed by atoms with Crippen LogP contribution in [0.25, 0.3) is 0 Å². The quantitative estimate of drug-likeness (QED) is 0.420. The molecule has 1 aromatic heterocycles. The van der Waals surface area contributed by atoms with Gasteiger partial charge in [-0.25, -0.2) is 9.97 Å². The van der Waals surface area contributed by atoms with E-state index >= 15 is 0 Å². The van der Waals surface area contributed by atoms with E-state index in [0.29, 0.717) is 5.69 Å². The monoisotopic (exact) mass is 403 g/mol. The van der Waals surface area contributed by atoms with E-state index < -0.39 is 22.4 Å². The fraction of sp³-hybridized carbons (Fsp3) is 0.158. The fourth-order valence-corrected chi connectivity index (χ4v) is 2.57. The Balaban J connectivity index is 1.89. The first-order valence-electron chi connectivity index (χ1n) is 8.57. The van der Waals surface area contributed by atoms with Crippen LogP contribution >= 0.6 is 0 Å². The molecule has 0 aliphatic heterocycles. The summed E-state index contributed by atoms with van der Waals surface area (Å²) in [5.74, 6) is -0.180. The highest BCUT2D eigenvalue weighted by molar-refractivity contribution is 5.76. The van der Waals surface area contributed by atoms with Gasteiger partial charge in [0.25, 0.3) is 0 Å². The van der Waals surface area contributed by atoms with E-state index in [1.54, 1.807) is 12.1 Å². The van der Waals surface area contributed by atoms with E-state index in [-0.39, 0.29) is 17.3 Å². The molecule has 10 heteroatoms. The minimum Gasteiger partial charge on any atom is -0.334 e. The van der Waals surface area contributed by atoms with Crippen molar-refractivity contribution in [3.8, 4) is 0 Å². The van der Waals surface area contributed by atoms with E-state index in [0.717, 1.165) is 30.4 Å². The van der Waals surface area contributed by atoms with E-state index in [9.17, 15) is 23.3 Å². The molecule has 0 aliphatic rings. The van der Waals surface area contributed by atoms with Gasteiger partial charge in [0.2, 0.25) is 11.6 Å². The van der Waals surface area contributed by atoms with Gasteiger partial charge in [0.15, 0.2) is 0 Å². The number of hydrogen-bond donors (Lipinski definition) is 2. The van der Waals surface area contributed by atoms with Crippen LogP contribution in [-0.4, -0.2) is 14.9 Å². The van der Waals surface area contributed by atoms with Crippen molar-refractivity contribution in [1.82, 2.24) is 9.97 Å². The minimum atomic E-state index is -4.47. The largest absolute Gasteiger partial charge is 0.416 e. The van der Waals surface area contributed by atoms with E-state index in [2.05, 4.69) is 20.6 Å². The Morgan fingerprint density at radius 2 is 1.41 bits per heavy atom. The third-order valence-corrected chi connectivity index (χ3v) is 4.10. The molecule has 0 saturated carbocycles. The van der Waals surface area contributed by atoms with Crippen molar-refractivity contribution in [2.24, 2.45) is 0 Å². The number of benzene rings is 2. The number of hydrogen-bond acceptors (Lipinski definition) is 6. The summed E-state index contributed by atoms with van der Waals surface area (Å²) in [6.07, 6.45) is -2.48. The number of anilines is 4. The Kier molecular flexibility index (Phi) is 5.62. The lowest BCUT2D eigenvalue weighted by Gasteiger charge is -2.11. The first-order chi connectivity index (χ1) is 13.8. The van der Waals surface area contributed by atoms with Gasteiger partial charge in [0.1, 0.15) is 6.33 Å². The van der Waals surface area contributed by atoms with Crippen molar-refractivity contribution >= 4 is 28.7 Å². The molecule has 29 heavy (non-hydrogen) atoms. The predicted octanol–water partition coefficient (Wildman–Crippen LogP) is 5.45. The molecule has 0 saturated heterocycles. The average Bonchev–Trinajstić information content (AvgIpc) is 2.68. The van der Waals surface area contributed by atoms with Gasteiger partial charge in [0, 0.05) is 11.4 Å². The first kappa shape index (κ1) is 20.1. The summed E-state index contributed by atoms with van der Waals surface area (Å²) >= 11 is 0. The summed E-state index contributed by atoms with van der Waals surface area (Å²) in [5.41, 5.74) is 0.685. The highest BCUT2D eigenvalue weighted by atomic mass is 19.4. The van der Waals surface area contributed by atoms with Crippen LogP contribution in [0.1, 0.15) is 18.1 Å². The van der Waals surface area contributed by atoms with Gasteiger partial charge in [-0.2, -0.15) is 13.2 Å². The minimum absolute atomic E-state index is 0.0383. The highest BCUT2D eigenvalue weighted by Crippen LogP contribution is 2.34. The molecule has 0 fully saturated rings. The van der Waals surface area contributed by atoms with Gasteiger partial charge in [-0.1, -0.05) is 19.1 Å². The van der Waals surface area contributed by atoms with Gasteiger partial charge in [-0.15, -0.1) is 0 Å². The fourth-order valence-electron chi connectivity index (χ4n) is 2.57. The highest BCUT2D eigenvalue weighted by Gasteiger charge is 2.30. The van der Waals surface area contributed by atoms with Crippen molar-refractivity contribution in [1.29, 1.82) is 0 Å². The molecule has 3 aromatic rings. The second-order valence-electron chi connectivity index (χ2n) is 6.05. The molecule has 0 aliphatic carbocycles. The maximum atomic E-state index is 12.7. The molecule has 2 N–H and O–H groups in total. The zero-order chi connectivity index (χ0) is 21.0. The van der Waals surface area contributed by atoms with Gasteiger partial charge in [0.05, 0.1) is 10.5 Å². The summed E-state index contributed by atoms with van der Waals surface area (Å²) in [5, 5.41) is 17.2. The predicted molar refractivity (Wildman–Crippen MR) is 103 cm³/mol. The maximum Gasteiger partial charge on any atom is 0.416 e. The van der Waals surface area contributed by atoms with E-state index in [1.807, 2.05) is 19.1 Å². The first-order valence-corrected chi connectivity index (χ1v) is 8.57. The molecule has 0 radical (unpaired) electrons. The molecule has 0 atom stereocenters. The molecule has 3 rings (SSSR count). The van der Waals surface area contributed by atoms with Crippen molar-refractivity contribution in [2.45, 2.75) is 19.5 Å². The summed E-state index contributed by atoms with van der Waals surface area (Å²) in [4.78, 5) is 18.8. The van der Waals surface area contributed by atoms with Crippen LogP contribution in [0.3, 0.4) is 0 Å². The summed E-state index contributed by atoms with van der Waals surface area (Å²) in [7, 11) is 0. The Hall–Kier alpha value is -3.69. The van der Waals surface area contributed by atoms with Crippen LogP contribution in [0, 0.1) is 10.1 Å². The molecule has 7 nitrogen and oxygen atoms in total. The Morgan fingerprint density at radius 3 is 1.83 bits per heavy atom. The lowest BCUT2D eigenvalue weighted by atomic mass is 10.1.